The van der Waals surface area contributed by atoms with Crippen LogP contribution >= 0.6 is 0 Å². The molecule has 1 aliphatic rings. The lowest BCUT2D eigenvalue weighted by atomic mass is 10.2. The maximum absolute atomic E-state index is 7.16. The first-order valence-corrected chi connectivity index (χ1v) is 2.60. The zero-order valence-electron chi connectivity index (χ0n) is 5.10. The highest BCUT2D eigenvalue weighted by Gasteiger charge is 2.13. The monoisotopic (exact) mass is 124 g/mol. The number of hydrogen-bond donors (Lipinski definition) is 3. The summed E-state index contributed by atoms with van der Waals surface area (Å²) in [6.45, 7) is 1.82. The topological polar surface area (TPSA) is 74.3 Å². The molecule has 9 heavy (non-hydrogen) atoms. The van der Waals surface area contributed by atoms with E-state index in [0.717, 1.165) is 0 Å². The van der Waals surface area contributed by atoms with Crippen molar-refractivity contribution in [1.29, 1.82) is 5.41 Å². The molecule has 1 aliphatic heterocycles. The van der Waals surface area contributed by atoms with Crippen LogP contribution in [0, 0.1) is 5.41 Å². The Hall–Kier alpha value is -1.32. The summed E-state index contributed by atoms with van der Waals surface area (Å²) in [5, 5.41) is 10.8. The molecule has 4 N–H and O–H groups in total. The van der Waals surface area contributed by atoms with Crippen molar-refractivity contribution in [3.05, 3.63) is 11.6 Å². The Labute approximate surface area is 52.9 Å². The average Bonchev–Trinajstić information content (AvgIpc) is 2.12. The first-order valence-electron chi connectivity index (χ1n) is 2.60. The number of allylic oxidation sites excluding steroid dienone is 1. The van der Waals surface area contributed by atoms with E-state index in [1.54, 1.807) is 6.08 Å². The standard InChI is InChI=1S/C5H8N4/c1-2-3-4(6)8-9-5(3)7/h2H,1H3,(H2,6,8)(H2,7,9). The first kappa shape index (κ1) is 5.81. The minimum absolute atomic E-state index is 0.273. The molecule has 0 unspecified atom stereocenters. The number of hydrazone groups is 1. The van der Waals surface area contributed by atoms with E-state index < -0.39 is 0 Å². The Kier molecular flexibility index (Phi) is 1.22. The predicted molar refractivity (Wildman–Crippen MR) is 36.2 cm³/mol. The maximum atomic E-state index is 7.16. The van der Waals surface area contributed by atoms with E-state index in [4.69, 9.17) is 11.1 Å². The molecule has 48 valence electrons. The summed E-state index contributed by atoms with van der Waals surface area (Å²) in [6.07, 6.45) is 1.75. The van der Waals surface area contributed by atoms with Crippen molar-refractivity contribution in [2.24, 2.45) is 10.8 Å². The van der Waals surface area contributed by atoms with Crippen LogP contribution in [0.15, 0.2) is 16.8 Å². The van der Waals surface area contributed by atoms with Crippen LogP contribution in [-0.2, 0) is 0 Å². The maximum Gasteiger partial charge on any atom is 0.154 e. The molecule has 0 saturated carbocycles. The highest BCUT2D eigenvalue weighted by Crippen LogP contribution is 1.99. The number of rotatable bonds is 0. The fourth-order valence-corrected chi connectivity index (χ4v) is 0.657. The van der Waals surface area contributed by atoms with Gasteiger partial charge in [0, 0.05) is 0 Å². The summed E-state index contributed by atoms with van der Waals surface area (Å²) in [7, 11) is 0. The van der Waals surface area contributed by atoms with Crippen LogP contribution in [0.1, 0.15) is 6.92 Å². The number of nitrogens with one attached hydrogen (secondary N) is 2. The molecule has 1 rings (SSSR count). The van der Waals surface area contributed by atoms with Crippen LogP contribution in [0.5, 0.6) is 0 Å². The molecule has 0 atom stereocenters. The van der Waals surface area contributed by atoms with Gasteiger partial charge in [0.05, 0.1) is 5.57 Å². The Bertz CT molecular complexity index is 201. The minimum atomic E-state index is 0.273. The molecule has 0 saturated heterocycles. The molecule has 4 heteroatoms. The summed E-state index contributed by atoms with van der Waals surface area (Å²) in [6, 6.07) is 0. The summed E-state index contributed by atoms with van der Waals surface area (Å²) in [4.78, 5) is 0. The third kappa shape index (κ3) is 0.782. The lowest BCUT2D eigenvalue weighted by Crippen LogP contribution is -2.15. The molecular weight excluding hydrogens is 116 g/mol. The fourth-order valence-electron chi connectivity index (χ4n) is 0.657. The van der Waals surface area contributed by atoms with Crippen LogP contribution in [-0.4, -0.2) is 11.7 Å². The molecule has 1 heterocycles. The van der Waals surface area contributed by atoms with Gasteiger partial charge in [0.1, 0.15) is 5.84 Å². The molecule has 0 amide bonds. The predicted octanol–water partition coefficient (Wildman–Crippen LogP) is -0.215. The van der Waals surface area contributed by atoms with Crippen molar-refractivity contribution >= 4 is 11.7 Å². The van der Waals surface area contributed by atoms with Crippen LogP contribution in [0.4, 0.5) is 0 Å². The van der Waals surface area contributed by atoms with Gasteiger partial charge in [-0.1, -0.05) is 6.08 Å². The molecule has 0 aliphatic carbocycles. The van der Waals surface area contributed by atoms with Crippen molar-refractivity contribution in [3.8, 4) is 0 Å². The van der Waals surface area contributed by atoms with Gasteiger partial charge in [-0.15, -0.1) is 0 Å². The van der Waals surface area contributed by atoms with Crippen LogP contribution in [0.3, 0.4) is 0 Å². The third-order valence-corrected chi connectivity index (χ3v) is 1.12. The van der Waals surface area contributed by atoms with Crippen LogP contribution in [0.25, 0.3) is 0 Å². The van der Waals surface area contributed by atoms with Gasteiger partial charge in [0.15, 0.2) is 5.84 Å². The van der Waals surface area contributed by atoms with Gasteiger partial charge in [-0.25, -0.2) is 0 Å². The molecule has 0 radical (unpaired) electrons. The molecule has 4 nitrogen and oxygen atoms in total. The van der Waals surface area contributed by atoms with Crippen molar-refractivity contribution in [1.82, 2.24) is 5.43 Å². The Balaban J connectivity index is 2.93. The van der Waals surface area contributed by atoms with Gasteiger partial charge in [-0.3, -0.25) is 10.8 Å². The minimum Gasteiger partial charge on any atom is -0.382 e. The highest BCUT2D eigenvalue weighted by molar-refractivity contribution is 6.24. The van der Waals surface area contributed by atoms with Gasteiger partial charge in [0.2, 0.25) is 0 Å². The van der Waals surface area contributed by atoms with Crippen molar-refractivity contribution in [2.45, 2.75) is 6.92 Å². The second kappa shape index (κ2) is 1.89. The normalized spacial score (nSPS) is 22.1. The van der Waals surface area contributed by atoms with Crippen molar-refractivity contribution in [2.75, 3.05) is 0 Å². The summed E-state index contributed by atoms with van der Waals surface area (Å²) < 4.78 is 0. The zero-order chi connectivity index (χ0) is 6.85. The van der Waals surface area contributed by atoms with Crippen LogP contribution < -0.4 is 11.2 Å². The Morgan fingerprint density at radius 1 is 1.78 bits per heavy atom. The molecular formula is C5H8N4. The van der Waals surface area contributed by atoms with E-state index in [9.17, 15) is 0 Å². The van der Waals surface area contributed by atoms with Crippen molar-refractivity contribution < 1.29 is 0 Å². The largest absolute Gasteiger partial charge is 0.382 e. The second-order valence-corrected chi connectivity index (χ2v) is 1.69. The van der Waals surface area contributed by atoms with E-state index in [1.807, 2.05) is 6.92 Å². The van der Waals surface area contributed by atoms with E-state index in [1.165, 1.54) is 0 Å². The van der Waals surface area contributed by atoms with Gasteiger partial charge >= 0.3 is 0 Å². The van der Waals surface area contributed by atoms with E-state index in [-0.39, 0.29) is 5.84 Å². The third-order valence-electron chi connectivity index (χ3n) is 1.12. The summed E-state index contributed by atoms with van der Waals surface area (Å²) in [5.74, 6) is 0.664. The number of hydrogen-bond acceptors (Lipinski definition) is 3. The Morgan fingerprint density at radius 3 is 2.67 bits per heavy atom. The highest BCUT2D eigenvalue weighted by atomic mass is 15.4. The number of nitrogens with zero attached hydrogens (tertiary/aromatic N) is 1. The lowest BCUT2D eigenvalue weighted by molar-refractivity contribution is 1.04. The van der Waals surface area contributed by atoms with Crippen LogP contribution in [0.2, 0.25) is 0 Å². The number of amidine groups is 2. The summed E-state index contributed by atoms with van der Waals surface area (Å²) >= 11 is 0. The molecule has 0 fully saturated rings. The zero-order valence-corrected chi connectivity index (χ0v) is 5.10. The molecule has 0 spiro atoms. The van der Waals surface area contributed by atoms with E-state index >= 15 is 0 Å². The van der Waals surface area contributed by atoms with E-state index in [2.05, 4.69) is 10.5 Å². The smallest absolute Gasteiger partial charge is 0.154 e. The average molecular weight is 124 g/mol. The fraction of sp³-hybridized carbons (Fsp3) is 0.200. The SMILES string of the molecule is C/C=C1\C(=N)NN=C1N. The first-order chi connectivity index (χ1) is 4.25. The van der Waals surface area contributed by atoms with Gasteiger partial charge < -0.3 is 5.73 Å². The molecule has 0 aromatic heterocycles. The van der Waals surface area contributed by atoms with Gasteiger partial charge in [-0.05, 0) is 6.92 Å². The molecule has 0 aromatic carbocycles. The molecule has 0 bridgehead atoms. The lowest BCUT2D eigenvalue weighted by Gasteiger charge is -1.91. The van der Waals surface area contributed by atoms with Gasteiger partial charge in [-0.2, -0.15) is 5.10 Å². The summed E-state index contributed by atoms with van der Waals surface area (Å²) in [5.41, 5.74) is 8.48. The second-order valence-electron chi connectivity index (χ2n) is 1.69. The number of nitrogens with two attached hydrogens (primary N) is 1. The molecule has 0 aromatic rings. The Morgan fingerprint density at radius 2 is 2.44 bits per heavy atom. The van der Waals surface area contributed by atoms with E-state index in [0.29, 0.717) is 11.4 Å². The quantitative estimate of drug-likeness (QED) is 0.418. The van der Waals surface area contributed by atoms with Crippen molar-refractivity contribution in [3.63, 3.8) is 0 Å². The van der Waals surface area contributed by atoms with Gasteiger partial charge in [0.25, 0.3) is 0 Å².